The summed E-state index contributed by atoms with van der Waals surface area (Å²) in [6.07, 6.45) is 0. The fourth-order valence-electron chi connectivity index (χ4n) is 11.5. The van der Waals surface area contributed by atoms with Crippen molar-refractivity contribution in [2.75, 3.05) is 0 Å². The lowest BCUT2D eigenvalue weighted by atomic mass is 9.96. The second-order valence-electron chi connectivity index (χ2n) is 19.5. The van der Waals surface area contributed by atoms with Crippen molar-refractivity contribution < 1.29 is 13.3 Å². The van der Waals surface area contributed by atoms with Crippen LogP contribution in [0.15, 0.2) is 256 Å². The van der Waals surface area contributed by atoms with E-state index in [4.69, 9.17) is 28.2 Å². The Labute approximate surface area is 434 Å². The number of aromatic nitrogens is 4. The molecule has 76 heavy (non-hydrogen) atoms. The van der Waals surface area contributed by atoms with Crippen molar-refractivity contribution in [3.8, 4) is 73.2 Å². The molecule has 0 radical (unpaired) electrons. The Bertz CT molecular complexity index is 4990. The summed E-state index contributed by atoms with van der Waals surface area (Å²) in [5.41, 5.74) is 17.5. The summed E-state index contributed by atoms with van der Waals surface area (Å²) in [6, 6.07) is 84.5. The van der Waals surface area contributed by atoms with Crippen LogP contribution in [0.5, 0.6) is 0 Å². The van der Waals surface area contributed by atoms with Gasteiger partial charge in [-0.15, -0.1) is 0 Å². The first-order chi connectivity index (χ1) is 37.6. The molecule has 7 heteroatoms. The van der Waals surface area contributed by atoms with Gasteiger partial charge in [-0.25, -0.2) is 15.0 Å². The smallest absolute Gasteiger partial charge is 0.164 e. The molecule has 0 amide bonds. The molecule has 0 bridgehead atoms. The third-order valence-corrected chi connectivity index (χ3v) is 15.1. The van der Waals surface area contributed by atoms with Crippen LogP contribution in [0.3, 0.4) is 0 Å². The first-order valence-corrected chi connectivity index (χ1v) is 25.5. The van der Waals surface area contributed by atoms with Crippen LogP contribution in [0.1, 0.15) is 0 Å². The van der Waals surface area contributed by atoms with Crippen LogP contribution in [0.25, 0.3) is 161 Å². The topological polar surface area (TPSA) is 83.0 Å². The van der Waals surface area contributed by atoms with E-state index < -0.39 is 0 Å². The van der Waals surface area contributed by atoms with Crippen molar-refractivity contribution in [2.24, 2.45) is 0 Å². The van der Waals surface area contributed by atoms with Gasteiger partial charge in [-0.05, 0) is 118 Å². The van der Waals surface area contributed by atoms with Gasteiger partial charge in [0.05, 0.1) is 11.0 Å². The van der Waals surface area contributed by atoms with E-state index in [0.717, 1.165) is 122 Å². The van der Waals surface area contributed by atoms with Crippen LogP contribution in [0.4, 0.5) is 0 Å². The Kier molecular flexibility index (Phi) is 9.20. The predicted molar refractivity (Wildman–Crippen MR) is 309 cm³/mol. The summed E-state index contributed by atoms with van der Waals surface area (Å²) in [6.45, 7) is 0. The lowest BCUT2D eigenvalue weighted by molar-refractivity contribution is 0.668. The molecule has 0 aliphatic carbocycles. The molecule has 0 unspecified atom stereocenters. The van der Waals surface area contributed by atoms with E-state index >= 15 is 0 Å². The molecule has 16 rings (SSSR count). The molecule has 5 heterocycles. The normalized spacial score (nSPS) is 11.9. The largest absolute Gasteiger partial charge is 0.456 e. The van der Waals surface area contributed by atoms with Crippen LogP contribution in [0, 0.1) is 0 Å². The monoisotopic (exact) mass is 972 g/mol. The highest BCUT2D eigenvalue weighted by Gasteiger charge is 2.21. The minimum absolute atomic E-state index is 0.557. The quantitative estimate of drug-likeness (QED) is 0.158. The summed E-state index contributed by atoms with van der Waals surface area (Å²) in [4.78, 5) is 15.5. The van der Waals surface area contributed by atoms with E-state index in [1.807, 2.05) is 60.7 Å². The molecular formula is C69H40N4O3. The molecule has 0 aliphatic heterocycles. The number of para-hydroxylation sites is 3. The first kappa shape index (κ1) is 42.2. The molecule has 0 aliphatic rings. The fraction of sp³-hybridized carbons (Fsp3) is 0. The number of fused-ring (bicyclic) bond motifs is 12. The number of hydrogen-bond donors (Lipinski definition) is 0. The molecule has 0 fully saturated rings. The summed E-state index contributed by atoms with van der Waals surface area (Å²) in [7, 11) is 0. The first-order valence-electron chi connectivity index (χ1n) is 25.5. The Morgan fingerprint density at radius 2 is 0.737 bits per heavy atom. The predicted octanol–water partition coefficient (Wildman–Crippen LogP) is 18.7. The Morgan fingerprint density at radius 3 is 1.54 bits per heavy atom. The molecular weight excluding hydrogens is 933 g/mol. The lowest BCUT2D eigenvalue weighted by Gasteiger charge is -2.10. The van der Waals surface area contributed by atoms with Gasteiger partial charge in [0.15, 0.2) is 17.5 Å². The molecule has 5 aromatic heterocycles. The van der Waals surface area contributed by atoms with E-state index in [1.165, 1.54) is 21.8 Å². The van der Waals surface area contributed by atoms with Gasteiger partial charge >= 0.3 is 0 Å². The summed E-state index contributed by atoms with van der Waals surface area (Å²) < 4.78 is 21.9. The van der Waals surface area contributed by atoms with Gasteiger partial charge in [-0.2, -0.15) is 0 Å². The highest BCUT2D eigenvalue weighted by Crippen LogP contribution is 2.43. The molecule has 7 nitrogen and oxygen atoms in total. The van der Waals surface area contributed by atoms with E-state index in [2.05, 4.69) is 187 Å². The Balaban J connectivity index is 0.785. The van der Waals surface area contributed by atoms with Gasteiger partial charge in [0.1, 0.15) is 33.5 Å². The highest BCUT2D eigenvalue weighted by atomic mass is 16.3. The van der Waals surface area contributed by atoms with Crippen LogP contribution in [-0.4, -0.2) is 19.5 Å². The SMILES string of the molecule is c1ccc(-c2nc(-c3ccc(-c4ccc5c(c4)oc4ccccc45)cc3)nc(-c3cccc4oc5ccc(-c6cccc7oc8cc(-c9ccc%10c(c9)c9ccccc9n%10-c9ccccc9)ccc8c67)cc5c34)n2)cc1. The van der Waals surface area contributed by atoms with Gasteiger partial charge in [-0.1, -0.05) is 158 Å². The second-order valence-corrected chi connectivity index (χ2v) is 19.5. The van der Waals surface area contributed by atoms with Crippen LogP contribution in [-0.2, 0) is 0 Å². The van der Waals surface area contributed by atoms with Crippen molar-refractivity contribution >= 4 is 87.6 Å². The maximum Gasteiger partial charge on any atom is 0.164 e. The highest BCUT2D eigenvalue weighted by molar-refractivity contribution is 6.17. The van der Waals surface area contributed by atoms with Gasteiger partial charge in [0.25, 0.3) is 0 Å². The summed E-state index contributed by atoms with van der Waals surface area (Å²) >= 11 is 0. The zero-order valence-corrected chi connectivity index (χ0v) is 40.6. The standard InChI is InChI=1S/C69H40N4O3/c1-3-13-42(14-4-1)67-70-68(43-27-25-41(26-28-43)45-29-33-52-51-18-8-10-22-59(51)75-63(52)39-45)72-69(71-67)54-20-12-24-62-66(54)56-38-47(32-36-60(56)74-62)49-19-11-23-61-65(49)53-34-30-46(40-64(53)76-61)44-31-35-58-55(37-44)50-17-7-9-21-57(50)73(58)48-15-5-2-6-16-48/h1-40H. The van der Waals surface area contributed by atoms with Gasteiger partial charge in [-0.3, -0.25) is 0 Å². The fourth-order valence-corrected chi connectivity index (χ4v) is 11.5. The van der Waals surface area contributed by atoms with Crippen molar-refractivity contribution in [1.29, 1.82) is 0 Å². The number of hydrogen-bond acceptors (Lipinski definition) is 6. The van der Waals surface area contributed by atoms with E-state index in [9.17, 15) is 0 Å². The molecule has 16 aromatic rings. The minimum atomic E-state index is 0.557. The molecule has 0 atom stereocenters. The zero-order valence-electron chi connectivity index (χ0n) is 40.6. The number of rotatable bonds is 7. The lowest BCUT2D eigenvalue weighted by Crippen LogP contribution is -2.00. The second kappa shape index (κ2) is 16.6. The summed E-state index contributed by atoms with van der Waals surface area (Å²) in [5, 5.41) is 8.67. The third kappa shape index (κ3) is 6.66. The zero-order chi connectivity index (χ0) is 49.8. The molecule has 0 saturated heterocycles. The van der Waals surface area contributed by atoms with Crippen LogP contribution in [0.2, 0.25) is 0 Å². The van der Waals surface area contributed by atoms with Crippen LogP contribution < -0.4 is 0 Å². The molecule has 11 aromatic carbocycles. The average molecular weight is 973 g/mol. The number of furan rings is 3. The molecule has 0 saturated carbocycles. The van der Waals surface area contributed by atoms with Gasteiger partial charge in [0.2, 0.25) is 0 Å². The summed E-state index contributed by atoms with van der Waals surface area (Å²) in [5.74, 6) is 1.72. The van der Waals surface area contributed by atoms with Gasteiger partial charge < -0.3 is 17.8 Å². The molecule has 354 valence electrons. The van der Waals surface area contributed by atoms with Crippen molar-refractivity contribution in [3.05, 3.63) is 243 Å². The van der Waals surface area contributed by atoms with Crippen LogP contribution >= 0.6 is 0 Å². The Morgan fingerprint density at radius 1 is 0.250 bits per heavy atom. The average Bonchev–Trinajstić information content (AvgIpc) is 4.26. The molecule has 0 spiro atoms. The maximum atomic E-state index is 6.72. The van der Waals surface area contributed by atoms with E-state index in [-0.39, 0.29) is 0 Å². The molecule has 0 N–H and O–H groups in total. The Hall–Kier alpha value is -10.4. The van der Waals surface area contributed by atoms with Crippen molar-refractivity contribution in [3.63, 3.8) is 0 Å². The van der Waals surface area contributed by atoms with E-state index in [0.29, 0.717) is 17.5 Å². The van der Waals surface area contributed by atoms with Crippen molar-refractivity contribution in [2.45, 2.75) is 0 Å². The van der Waals surface area contributed by atoms with Crippen molar-refractivity contribution in [1.82, 2.24) is 19.5 Å². The van der Waals surface area contributed by atoms with E-state index in [1.54, 1.807) is 0 Å². The number of benzene rings is 11. The minimum Gasteiger partial charge on any atom is -0.456 e. The number of nitrogens with zero attached hydrogens (tertiary/aromatic N) is 4. The maximum absolute atomic E-state index is 6.72. The third-order valence-electron chi connectivity index (χ3n) is 15.1. The van der Waals surface area contributed by atoms with Gasteiger partial charge in [0, 0.05) is 65.5 Å².